The van der Waals surface area contributed by atoms with Crippen molar-refractivity contribution in [3.05, 3.63) is 40.2 Å². The van der Waals surface area contributed by atoms with Gasteiger partial charge in [0.15, 0.2) is 5.82 Å². The van der Waals surface area contributed by atoms with Crippen LogP contribution in [0.1, 0.15) is 23.1 Å². The predicted molar refractivity (Wildman–Crippen MR) is 70.3 cm³/mol. The highest BCUT2D eigenvalue weighted by Gasteiger charge is 2.43. The molecule has 0 aliphatic carbocycles. The SMILES string of the molecule is O=C1c2nc3ccc(F)cc3c(=O)n2C2CCNCC12. The molecule has 1 aromatic heterocycles. The van der Waals surface area contributed by atoms with Gasteiger partial charge in [0, 0.05) is 6.54 Å². The van der Waals surface area contributed by atoms with E-state index in [2.05, 4.69) is 10.3 Å². The average molecular weight is 273 g/mol. The van der Waals surface area contributed by atoms with Crippen LogP contribution in [0.4, 0.5) is 4.39 Å². The molecular formula is C14H12FN3O2. The maximum Gasteiger partial charge on any atom is 0.262 e. The minimum atomic E-state index is -0.469. The van der Waals surface area contributed by atoms with Gasteiger partial charge in [0.1, 0.15) is 5.82 Å². The minimum Gasteiger partial charge on any atom is -0.316 e. The lowest BCUT2D eigenvalue weighted by atomic mass is 9.93. The molecule has 1 saturated heterocycles. The third kappa shape index (κ3) is 1.42. The summed E-state index contributed by atoms with van der Waals surface area (Å²) in [6, 6.07) is 3.74. The molecule has 1 fully saturated rings. The normalized spacial score (nSPS) is 24.8. The highest BCUT2D eigenvalue weighted by molar-refractivity contribution is 5.99. The molecule has 6 heteroatoms. The summed E-state index contributed by atoms with van der Waals surface area (Å²) in [7, 11) is 0. The van der Waals surface area contributed by atoms with Crippen LogP contribution in [-0.4, -0.2) is 28.4 Å². The van der Waals surface area contributed by atoms with E-state index in [1.807, 2.05) is 0 Å². The fourth-order valence-electron chi connectivity index (χ4n) is 3.24. The molecule has 0 amide bonds. The Kier molecular flexibility index (Phi) is 2.32. The van der Waals surface area contributed by atoms with Crippen LogP contribution in [0.25, 0.3) is 10.9 Å². The van der Waals surface area contributed by atoms with Crippen LogP contribution in [-0.2, 0) is 0 Å². The number of nitrogens with one attached hydrogen (secondary N) is 1. The molecule has 0 radical (unpaired) electrons. The van der Waals surface area contributed by atoms with E-state index in [9.17, 15) is 14.0 Å². The van der Waals surface area contributed by atoms with Gasteiger partial charge in [-0.05, 0) is 31.2 Å². The number of rotatable bonds is 0. The summed E-state index contributed by atoms with van der Waals surface area (Å²) in [5.74, 6) is -0.577. The van der Waals surface area contributed by atoms with E-state index in [1.54, 1.807) is 0 Å². The van der Waals surface area contributed by atoms with Crippen LogP contribution in [0.2, 0.25) is 0 Å². The summed E-state index contributed by atoms with van der Waals surface area (Å²) in [5, 5.41) is 3.40. The van der Waals surface area contributed by atoms with Crippen molar-refractivity contribution in [3.63, 3.8) is 0 Å². The Hall–Kier alpha value is -2.08. The van der Waals surface area contributed by atoms with Crippen LogP contribution in [0.15, 0.2) is 23.0 Å². The first-order valence-corrected chi connectivity index (χ1v) is 6.63. The summed E-state index contributed by atoms with van der Waals surface area (Å²) in [6.07, 6.45) is 0.714. The van der Waals surface area contributed by atoms with Crippen LogP contribution < -0.4 is 10.9 Å². The van der Waals surface area contributed by atoms with Crippen molar-refractivity contribution in [1.82, 2.24) is 14.9 Å². The van der Waals surface area contributed by atoms with Gasteiger partial charge >= 0.3 is 0 Å². The first kappa shape index (κ1) is 11.7. The molecule has 5 nitrogen and oxygen atoms in total. The molecule has 2 aromatic rings. The van der Waals surface area contributed by atoms with E-state index in [0.29, 0.717) is 18.5 Å². The van der Waals surface area contributed by atoms with Crippen LogP contribution in [0, 0.1) is 11.7 Å². The van der Waals surface area contributed by atoms with Gasteiger partial charge in [0.25, 0.3) is 5.56 Å². The Morgan fingerprint density at radius 2 is 2.20 bits per heavy atom. The molecule has 102 valence electrons. The van der Waals surface area contributed by atoms with E-state index in [-0.39, 0.29) is 34.5 Å². The molecule has 3 heterocycles. The Bertz CT molecular complexity index is 799. The summed E-state index contributed by atoms with van der Waals surface area (Å²) in [5.41, 5.74) is 0.0647. The monoisotopic (exact) mass is 273 g/mol. The number of nitrogens with zero attached hydrogens (tertiary/aromatic N) is 2. The van der Waals surface area contributed by atoms with E-state index in [1.165, 1.54) is 22.8 Å². The van der Waals surface area contributed by atoms with Crippen molar-refractivity contribution in [2.75, 3.05) is 13.1 Å². The first-order valence-electron chi connectivity index (χ1n) is 6.63. The Balaban J connectivity index is 2.05. The van der Waals surface area contributed by atoms with Crippen LogP contribution in [0.3, 0.4) is 0 Å². The molecule has 2 unspecified atom stereocenters. The Labute approximate surface area is 113 Å². The predicted octanol–water partition coefficient (Wildman–Crippen LogP) is 0.883. The number of hydrogen-bond acceptors (Lipinski definition) is 4. The molecule has 0 saturated carbocycles. The van der Waals surface area contributed by atoms with Crippen molar-refractivity contribution in [2.24, 2.45) is 5.92 Å². The number of ketones is 1. The number of piperidine rings is 1. The molecule has 1 aromatic carbocycles. The fraction of sp³-hybridized carbons (Fsp3) is 0.357. The van der Waals surface area contributed by atoms with Crippen LogP contribution in [0.5, 0.6) is 0 Å². The van der Waals surface area contributed by atoms with Crippen molar-refractivity contribution in [1.29, 1.82) is 0 Å². The zero-order valence-electron chi connectivity index (χ0n) is 10.6. The smallest absolute Gasteiger partial charge is 0.262 e. The molecule has 2 aliphatic heterocycles. The Morgan fingerprint density at radius 1 is 1.35 bits per heavy atom. The second kappa shape index (κ2) is 3.96. The van der Waals surface area contributed by atoms with E-state index in [0.717, 1.165) is 6.54 Å². The summed E-state index contributed by atoms with van der Waals surface area (Å²) < 4.78 is 14.8. The van der Waals surface area contributed by atoms with E-state index in [4.69, 9.17) is 0 Å². The molecule has 20 heavy (non-hydrogen) atoms. The maximum absolute atomic E-state index is 13.3. The lowest BCUT2D eigenvalue weighted by molar-refractivity contribution is 0.0900. The highest BCUT2D eigenvalue weighted by atomic mass is 19.1. The van der Waals surface area contributed by atoms with Crippen molar-refractivity contribution in [3.8, 4) is 0 Å². The Morgan fingerprint density at radius 3 is 3.05 bits per heavy atom. The minimum absolute atomic E-state index is 0.0921. The fourth-order valence-corrected chi connectivity index (χ4v) is 3.24. The first-order chi connectivity index (χ1) is 9.66. The quantitative estimate of drug-likeness (QED) is 0.774. The number of halogens is 1. The lowest BCUT2D eigenvalue weighted by Crippen LogP contribution is -2.38. The lowest BCUT2D eigenvalue weighted by Gasteiger charge is -2.25. The van der Waals surface area contributed by atoms with Crippen molar-refractivity contribution in [2.45, 2.75) is 12.5 Å². The number of Topliss-reactive ketones (excluding diaryl/α,β-unsaturated/α-hetero) is 1. The third-order valence-corrected chi connectivity index (χ3v) is 4.20. The number of fused-ring (bicyclic) bond motifs is 4. The van der Waals surface area contributed by atoms with Gasteiger partial charge in [-0.1, -0.05) is 0 Å². The zero-order chi connectivity index (χ0) is 13.9. The summed E-state index contributed by atoms with van der Waals surface area (Å²) in [6.45, 7) is 1.33. The number of carbonyl (C=O) groups excluding carboxylic acids is 1. The van der Waals surface area contributed by atoms with Gasteiger partial charge in [-0.3, -0.25) is 14.2 Å². The summed E-state index contributed by atoms with van der Waals surface area (Å²) in [4.78, 5) is 29.2. The average Bonchev–Trinajstić information content (AvgIpc) is 2.74. The number of hydrogen-bond donors (Lipinski definition) is 1. The van der Waals surface area contributed by atoms with Crippen molar-refractivity contribution >= 4 is 16.7 Å². The molecule has 0 bridgehead atoms. The van der Waals surface area contributed by atoms with Crippen molar-refractivity contribution < 1.29 is 9.18 Å². The number of carbonyl (C=O) groups is 1. The molecule has 4 rings (SSSR count). The van der Waals surface area contributed by atoms with E-state index < -0.39 is 5.82 Å². The van der Waals surface area contributed by atoms with Crippen LogP contribution >= 0.6 is 0 Å². The molecule has 2 atom stereocenters. The van der Waals surface area contributed by atoms with Gasteiger partial charge in [0.2, 0.25) is 5.78 Å². The van der Waals surface area contributed by atoms with E-state index >= 15 is 0 Å². The van der Waals surface area contributed by atoms with Gasteiger partial charge in [0.05, 0.1) is 22.9 Å². The highest BCUT2D eigenvalue weighted by Crippen LogP contribution is 2.33. The second-order valence-electron chi connectivity index (χ2n) is 5.30. The van der Waals surface area contributed by atoms with Gasteiger partial charge in [-0.25, -0.2) is 9.37 Å². The number of benzene rings is 1. The maximum atomic E-state index is 13.3. The molecule has 2 aliphatic rings. The van der Waals surface area contributed by atoms with Gasteiger partial charge < -0.3 is 5.32 Å². The standard InChI is InChI=1S/C14H12FN3O2/c15-7-1-2-10-8(5-7)14(20)18-11-3-4-16-6-9(11)12(19)13(18)17-10/h1-2,5,9,11,16H,3-4,6H2. The zero-order valence-corrected chi connectivity index (χ0v) is 10.6. The molecule has 0 spiro atoms. The largest absolute Gasteiger partial charge is 0.316 e. The topological polar surface area (TPSA) is 64.0 Å². The second-order valence-corrected chi connectivity index (χ2v) is 5.30. The van der Waals surface area contributed by atoms with Gasteiger partial charge in [-0.2, -0.15) is 0 Å². The molecule has 1 N–H and O–H groups in total. The molecular weight excluding hydrogens is 261 g/mol. The van der Waals surface area contributed by atoms with Gasteiger partial charge in [-0.15, -0.1) is 0 Å². The number of aromatic nitrogens is 2. The summed E-state index contributed by atoms with van der Waals surface area (Å²) >= 11 is 0. The third-order valence-electron chi connectivity index (χ3n) is 4.20.